The highest BCUT2D eigenvalue weighted by molar-refractivity contribution is 6.30. The fourth-order valence-electron chi connectivity index (χ4n) is 13.0. The first kappa shape index (κ1) is 85.9. The second kappa shape index (κ2) is 43.0. The Hall–Kier alpha value is -10.3. The van der Waals surface area contributed by atoms with Gasteiger partial charge in [0.1, 0.15) is 48.3 Å². The van der Waals surface area contributed by atoms with Gasteiger partial charge in [0.05, 0.1) is 24.7 Å². The number of benzene rings is 3. The van der Waals surface area contributed by atoms with Crippen LogP contribution >= 0.6 is 11.6 Å². The van der Waals surface area contributed by atoms with Gasteiger partial charge in [0.15, 0.2) is 11.6 Å². The molecular formula is C79H102ClN15O14. The molecule has 0 radical (unpaired) electrons. The SMILES string of the molecule is CC(=O)N[C@H](Cc1ccc2ccccc2c1)C(=O)N[C@H](Cc1ccc(Cl)cc1)C(=O)N[C@H](Cc1cccnc1)C(=O)N[C@@H](CO)C(=O)N[C@@H](CCCC(N)C(=O)c1cccnc1)C(=O)N(C(=O)[C@H](CC(C)C)NC(=O)[C@H](N)CCCC(N)C(=O)c1cccnc1)[C@@H](CCCCNC(C)C)C(=O)N1CCC[C@H]1C(=O)O. The molecule has 3 aromatic carbocycles. The van der Waals surface area contributed by atoms with E-state index in [1.165, 1.54) is 56.2 Å². The molecular weight excluding hydrogens is 1420 g/mol. The second-order valence-electron chi connectivity index (χ2n) is 28.2. The number of aliphatic hydroxyl groups excluding tert-OH is 1. The first-order valence-electron chi connectivity index (χ1n) is 36.9. The molecule has 2 unspecified atom stereocenters. The molecule has 15 N–H and O–H groups in total. The summed E-state index contributed by atoms with van der Waals surface area (Å²) < 4.78 is 0. The number of amides is 9. The van der Waals surface area contributed by atoms with E-state index in [9.17, 15) is 39.0 Å². The summed E-state index contributed by atoms with van der Waals surface area (Å²) in [6, 6.07) is 12.5. The lowest BCUT2D eigenvalue weighted by atomic mass is 9.96. The monoisotopic (exact) mass is 1520 g/mol. The van der Waals surface area contributed by atoms with E-state index in [-0.39, 0.29) is 113 Å². The molecule has 30 heteroatoms. The molecule has 0 aliphatic carbocycles. The quantitative estimate of drug-likeness (QED) is 0.0192. The Morgan fingerprint density at radius 3 is 1.59 bits per heavy atom. The number of carbonyl (C=O) groups excluding carboxylic acids is 11. The Morgan fingerprint density at radius 1 is 0.532 bits per heavy atom. The van der Waals surface area contributed by atoms with Crippen LogP contribution in [0.5, 0.6) is 0 Å². The van der Waals surface area contributed by atoms with Crippen LogP contribution in [0.25, 0.3) is 10.8 Å². The number of imide groups is 1. The van der Waals surface area contributed by atoms with E-state index in [4.69, 9.17) is 28.8 Å². The fraction of sp³-hybridized carbons (Fsp3) is 0.456. The number of nitrogens with one attached hydrogen (secondary N) is 7. The maximum atomic E-state index is 16.3. The van der Waals surface area contributed by atoms with Gasteiger partial charge in [-0.25, -0.2) is 4.79 Å². The average Bonchev–Trinajstić information content (AvgIpc) is 1.77. The third kappa shape index (κ3) is 26.5. The molecule has 11 atom stereocenters. The van der Waals surface area contributed by atoms with Crippen molar-refractivity contribution >= 4 is 93.1 Å². The second-order valence-corrected chi connectivity index (χ2v) is 28.7. The van der Waals surface area contributed by atoms with Gasteiger partial charge >= 0.3 is 5.97 Å². The number of fused-ring (bicyclic) bond motifs is 1. The zero-order valence-electron chi connectivity index (χ0n) is 62.2. The van der Waals surface area contributed by atoms with Gasteiger partial charge in [0, 0.05) is 92.1 Å². The molecule has 1 fully saturated rings. The summed E-state index contributed by atoms with van der Waals surface area (Å²) in [6.07, 6.45) is 7.99. The third-order valence-corrected chi connectivity index (χ3v) is 19.0. The highest BCUT2D eigenvalue weighted by Crippen LogP contribution is 2.27. The number of Topliss-reactive ketones (excluding diaryl/α,β-unsaturated/α-hetero) is 2. The zero-order valence-corrected chi connectivity index (χ0v) is 62.9. The van der Waals surface area contributed by atoms with Crippen LogP contribution in [-0.4, -0.2) is 198 Å². The number of aliphatic hydroxyl groups is 1. The smallest absolute Gasteiger partial charge is 0.326 e. The zero-order chi connectivity index (χ0) is 79.3. The molecule has 3 aromatic heterocycles. The van der Waals surface area contributed by atoms with E-state index < -0.39 is 150 Å². The lowest BCUT2D eigenvalue weighted by Gasteiger charge is -2.38. The molecule has 4 heterocycles. The number of carboxylic acid groups (broad SMARTS) is 1. The molecule has 0 saturated carbocycles. The maximum absolute atomic E-state index is 16.3. The molecule has 29 nitrogen and oxygen atoms in total. The minimum atomic E-state index is -1.97. The lowest BCUT2D eigenvalue weighted by Crippen LogP contribution is -2.64. The van der Waals surface area contributed by atoms with E-state index in [1.54, 1.807) is 62.4 Å². The normalized spacial score (nSPS) is 15.5. The average molecular weight is 1520 g/mol. The summed E-state index contributed by atoms with van der Waals surface area (Å²) >= 11 is 6.27. The topological polar surface area (TPSA) is 453 Å². The van der Waals surface area contributed by atoms with Crippen molar-refractivity contribution < 1.29 is 67.7 Å². The van der Waals surface area contributed by atoms with Crippen molar-refractivity contribution in [3.63, 3.8) is 0 Å². The Bertz CT molecular complexity index is 4070. The molecule has 109 heavy (non-hydrogen) atoms. The van der Waals surface area contributed by atoms with Crippen molar-refractivity contribution in [2.24, 2.45) is 23.1 Å². The fourth-order valence-corrected chi connectivity index (χ4v) is 13.1. The van der Waals surface area contributed by atoms with Crippen LogP contribution in [0.4, 0.5) is 0 Å². The summed E-state index contributed by atoms with van der Waals surface area (Å²) in [7, 11) is 0. The van der Waals surface area contributed by atoms with Crippen LogP contribution in [-0.2, 0) is 67.2 Å². The number of hydrogen-bond acceptors (Lipinski definition) is 20. The van der Waals surface area contributed by atoms with E-state index in [1.807, 2.05) is 56.3 Å². The molecule has 0 spiro atoms. The molecule has 0 bridgehead atoms. The van der Waals surface area contributed by atoms with Gasteiger partial charge in [-0.15, -0.1) is 0 Å². The third-order valence-electron chi connectivity index (χ3n) is 18.8. The van der Waals surface area contributed by atoms with Crippen LogP contribution < -0.4 is 54.4 Å². The highest BCUT2D eigenvalue weighted by atomic mass is 35.5. The highest BCUT2D eigenvalue weighted by Gasteiger charge is 2.47. The predicted molar refractivity (Wildman–Crippen MR) is 408 cm³/mol. The first-order valence-corrected chi connectivity index (χ1v) is 37.3. The van der Waals surface area contributed by atoms with E-state index in [2.05, 4.69) is 52.2 Å². The summed E-state index contributed by atoms with van der Waals surface area (Å²) in [5, 5.41) is 43.3. The minimum absolute atomic E-state index is 0.00757. The summed E-state index contributed by atoms with van der Waals surface area (Å²) in [5.74, 6) is -11.3. The van der Waals surface area contributed by atoms with E-state index >= 15 is 28.8 Å². The van der Waals surface area contributed by atoms with Crippen LogP contribution in [0.2, 0.25) is 5.02 Å². The summed E-state index contributed by atoms with van der Waals surface area (Å²) in [5.41, 5.74) is 21.4. The molecule has 1 saturated heterocycles. The van der Waals surface area contributed by atoms with Crippen molar-refractivity contribution in [2.45, 2.75) is 203 Å². The number of nitrogens with zero attached hydrogens (tertiary/aromatic N) is 5. The van der Waals surface area contributed by atoms with Gasteiger partial charge in [-0.2, -0.15) is 0 Å². The summed E-state index contributed by atoms with van der Waals surface area (Å²) in [4.78, 5) is 188. The summed E-state index contributed by atoms with van der Waals surface area (Å²) in [6.45, 7) is 7.73. The minimum Gasteiger partial charge on any atom is -0.480 e. The van der Waals surface area contributed by atoms with Crippen LogP contribution in [0, 0.1) is 5.92 Å². The van der Waals surface area contributed by atoms with Gasteiger partial charge in [0.2, 0.25) is 41.4 Å². The Balaban J connectivity index is 1.24. The molecule has 584 valence electrons. The largest absolute Gasteiger partial charge is 0.480 e. The standard InChI is InChI=1S/C79H102ClN15O14/c1-47(2)38-65(92-71(100)60(83)23-10-21-58(81)69(98)55-19-13-34-85-44-55)77(106)95(67(25-8-9-36-87-48(3)4)78(107)94-37-15-26-68(94)79(108)109)76(105)61(24-11-22-59(82)70(99)56-20-14-35-86-45-56)89-75(104)66(46-96)93-74(103)64(42-52-16-12-33-84-43-52)91-73(102)63(40-50-28-31-57(80)32-29-50)90-72(101)62(88-49(5)97)41-51-27-30-53-17-6-7-18-54(53)39-51/h6-7,12-14,16-20,27-35,39,43-45,47-48,58-68,87,96H,8-11,15,21-26,36-38,40-42,46,81-83H2,1-5H3,(H,88,97)(H,89,104)(H,90,101)(H,91,102)(H,92,100)(H,93,103)(H,108,109)/t58?,59?,60-,61+,62-,63-,64-,65+,66+,67+,68+/m1/s1. The van der Waals surface area contributed by atoms with Crippen molar-refractivity contribution in [3.8, 4) is 0 Å². The molecule has 1 aliphatic heterocycles. The molecule has 9 amide bonds. The molecule has 7 rings (SSSR count). The predicted octanol–water partition coefficient (Wildman–Crippen LogP) is 3.73. The van der Waals surface area contributed by atoms with Crippen molar-refractivity contribution in [2.75, 3.05) is 19.7 Å². The number of likely N-dealkylation sites (tertiary alicyclic amines) is 1. The number of aromatic nitrogens is 3. The maximum Gasteiger partial charge on any atom is 0.326 e. The Morgan fingerprint density at radius 2 is 1.04 bits per heavy atom. The van der Waals surface area contributed by atoms with Crippen LogP contribution in [0.1, 0.15) is 149 Å². The number of ketones is 2. The first-order chi connectivity index (χ1) is 52.1. The van der Waals surface area contributed by atoms with Crippen molar-refractivity contribution in [3.05, 3.63) is 173 Å². The van der Waals surface area contributed by atoms with Crippen molar-refractivity contribution in [1.29, 1.82) is 0 Å². The number of carbonyl (C=O) groups is 12. The number of hydrogen-bond donors (Lipinski definition) is 12. The Labute approximate surface area is 639 Å². The van der Waals surface area contributed by atoms with Gasteiger partial charge in [0.25, 0.3) is 11.8 Å². The number of unbranched alkanes of at least 4 members (excludes halogenated alkanes) is 1. The number of pyridine rings is 3. The number of nitrogens with two attached hydrogens (primary N) is 3. The van der Waals surface area contributed by atoms with Gasteiger partial charge in [-0.1, -0.05) is 100.0 Å². The lowest BCUT2D eigenvalue weighted by molar-refractivity contribution is -0.160. The number of rotatable bonds is 43. The number of carboxylic acids is 1. The van der Waals surface area contributed by atoms with Gasteiger partial charge in [-0.05, 0) is 159 Å². The van der Waals surface area contributed by atoms with Crippen LogP contribution in [0.3, 0.4) is 0 Å². The number of aliphatic carboxylic acids is 1. The Kier molecular flexibility index (Phi) is 33.9. The molecule has 6 aromatic rings. The van der Waals surface area contributed by atoms with E-state index in [0.29, 0.717) is 39.6 Å². The van der Waals surface area contributed by atoms with Gasteiger partial charge < -0.3 is 69.5 Å². The number of halogens is 1. The van der Waals surface area contributed by atoms with Crippen molar-refractivity contribution in [1.82, 2.24) is 62.0 Å². The van der Waals surface area contributed by atoms with Gasteiger partial charge in [-0.3, -0.25) is 72.6 Å². The van der Waals surface area contributed by atoms with Crippen LogP contribution in [0.15, 0.2) is 140 Å². The van der Waals surface area contributed by atoms with E-state index in [0.717, 1.165) is 15.7 Å². The molecule has 1 aliphatic rings.